The Balaban J connectivity index is 2.46. The van der Waals surface area contributed by atoms with Gasteiger partial charge in [-0.25, -0.2) is 4.39 Å². The molecule has 0 aliphatic carbocycles. The van der Waals surface area contributed by atoms with Crippen LogP contribution in [0.15, 0.2) is 40.9 Å². The summed E-state index contributed by atoms with van der Waals surface area (Å²) < 4.78 is 15.0. The number of halogens is 3. The number of benzene rings is 2. The van der Waals surface area contributed by atoms with Crippen molar-refractivity contribution in [1.29, 1.82) is 0 Å². The van der Waals surface area contributed by atoms with Crippen LogP contribution in [0.25, 0.3) is 0 Å². The van der Waals surface area contributed by atoms with E-state index in [2.05, 4.69) is 21.2 Å². The zero-order valence-electron chi connectivity index (χ0n) is 10.7. The van der Waals surface area contributed by atoms with Crippen molar-refractivity contribution in [2.45, 2.75) is 13.0 Å². The Labute approximate surface area is 125 Å². The first kappa shape index (κ1) is 14.5. The maximum Gasteiger partial charge on any atom is 0.129 e. The van der Waals surface area contributed by atoms with Gasteiger partial charge < -0.3 is 5.32 Å². The number of rotatable bonds is 3. The van der Waals surface area contributed by atoms with Gasteiger partial charge in [-0.1, -0.05) is 45.7 Å². The van der Waals surface area contributed by atoms with Crippen LogP contribution in [0, 0.1) is 12.7 Å². The summed E-state index contributed by atoms with van der Waals surface area (Å²) in [7, 11) is 1.81. The number of hydrogen-bond acceptors (Lipinski definition) is 1. The minimum absolute atomic E-state index is 0.200. The minimum Gasteiger partial charge on any atom is -0.309 e. The summed E-state index contributed by atoms with van der Waals surface area (Å²) in [6.45, 7) is 2.02. The van der Waals surface area contributed by atoms with Crippen molar-refractivity contribution in [1.82, 2.24) is 5.32 Å². The second kappa shape index (κ2) is 6.04. The van der Waals surface area contributed by atoms with Crippen LogP contribution in [-0.2, 0) is 0 Å². The predicted octanol–water partition coefficient (Wildman–Crippen LogP) is 4.86. The van der Waals surface area contributed by atoms with Gasteiger partial charge >= 0.3 is 0 Å². The van der Waals surface area contributed by atoms with Gasteiger partial charge in [0.25, 0.3) is 0 Å². The molecular formula is C15H14BrClFN. The fourth-order valence-electron chi connectivity index (χ4n) is 2.03. The SMILES string of the molecule is CNC(c1ccc(C)c(Br)c1)c1ccc(Cl)cc1F. The summed E-state index contributed by atoms with van der Waals surface area (Å²) in [5.74, 6) is -0.302. The summed E-state index contributed by atoms with van der Waals surface area (Å²) in [6, 6.07) is 10.6. The van der Waals surface area contributed by atoms with E-state index in [4.69, 9.17) is 11.6 Å². The number of nitrogens with one attached hydrogen (secondary N) is 1. The quantitative estimate of drug-likeness (QED) is 0.840. The van der Waals surface area contributed by atoms with Gasteiger partial charge in [-0.2, -0.15) is 0 Å². The van der Waals surface area contributed by atoms with Crippen molar-refractivity contribution in [2.75, 3.05) is 7.05 Å². The van der Waals surface area contributed by atoms with E-state index in [1.165, 1.54) is 6.07 Å². The largest absolute Gasteiger partial charge is 0.309 e. The molecule has 1 atom stereocenters. The summed E-state index contributed by atoms with van der Waals surface area (Å²) in [5, 5.41) is 3.54. The van der Waals surface area contributed by atoms with Gasteiger partial charge in [0.2, 0.25) is 0 Å². The molecule has 0 fully saturated rings. The highest BCUT2D eigenvalue weighted by Gasteiger charge is 2.17. The predicted molar refractivity (Wildman–Crippen MR) is 81.2 cm³/mol. The van der Waals surface area contributed by atoms with Crippen LogP contribution in [-0.4, -0.2) is 7.05 Å². The van der Waals surface area contributed by atoms with Crippen LogP contribution in [0.4, 0.5) is 4.39 Å². The lowest BCUT2D eigenvalue weighted by atomic mass is 9.97. The number of hydrogen-bond donors (Lipinski definition) is 1. The lowest BCUT2D eigenvalue weighted by molar-refractivity contribution is 0.576. The second-order valence-corrected chi connectivity index (χ2v) is 5.69. The average Bonchev–Trinajstić information content (AvgIpc) is 2.37. The van der Waals surface area contributed by atoms with Crippen LogP contribution in [0.5, 0.6) is 0 Å². The van der Waals surface area contributed by atoms with E-state index >= 15 is 0 Å². The lowest BCUT2D eigenvalue weighted by Gasteiger charge is -2.19. The average molecular weight is 343 g/mol. The smallest absolute Gasteiger partial charge is 0.129 e. The Hall–Kier alpha value is -0.900. The zero-order chi connectivity index (χ0) is 14.0. The summed E-state index contributed by atoms with van der Waals surface area (Å²) in [4.78, 5) is 0. The van der Waals surface area contributed by atoms with Gasteiger partial charge in [0.1, 0.15) is 5.82 Å². The third-order valence-electron chi connectivity index (χ3n) is 3.09. The molecule has 1 nitrogen and oxygen atoms in total. The summed E-state index contributed by atoms with van der Waals surface area (Å²) in [5.41, 5.74) is 2.74. The van der Waals surface area contributed by atoms with Crippen molar-refractivity contribution in [2.24, 2.45) is 0 Å². The third-order valence-corrected chi connectivity index (χ3v) is 4.18. The molecule has 0 saturated carbocycles. The Bertz CT molecular complexity index is 601. The molecule has 0 heterocycles. The Morgan fingerprint density at radius 2 is 1.95 bits per heavy atom. The van der Waals surface area contributed by atoms with E-state index in [1.54, 1.807) is 12.1 Å². The highest BCUT2D eigenvalue weighted by atomic mass is 79.9. The first-order chi connectivity index (χ1) is 9.02. The van der Waals surface area contributed by atoms with Crippen molar-refractivity contribution in [3.05, 3.63) is 68.4 Å². The molecule has 0 aliphatic heterocycles. The second-order valence-electron chi connectivity index (χ2n) is 4.40. The summed E-state index contributed by atoms with van der Waals surface area (Å²) >= 11 is 9.29. The van der Waals surface area contributed by atoms with Gasteiger partial charge in [0, 0.05) is 15.1 Å². The zero-order valence-corrected chi connectivity index (χ0v) is 13.0. The molecule has 0 radical (unpaired) electrons. The van der Waals surface area contributed by atoms with Crippen molar-refractivity contribution in [3.8, 4) is 0 Å². The fraction of sp³-hybridized carbons (Fsp3) is 0.200. The van der Waals surface area contributed by atoms with Gasteiger partial charge in [-0.15, -0.1) is 0 Å². The normalized spacial score (nSPS) is 12.5. The standard InChI is InChI=1S/C15H14BrClFN/c1-9-3-4-10(7-13(9)16)15(19-2)12-6-5-11(17)8-14(12)18/h3-8,15,19H,1-2H3. The molecule has 0 bridgehead atoms. The molecule has 0 spiro atoms. The van der Waals surface area contributed by atoms with Crippen LogP contribution >= 0.6 is 27.5 Å². The molecular weight excluding hydrogens is 329 g/mol. The van der Waals surface area contributed by atoms with Gasteiger partial charge in [-0.05, 0) is 43.3 Å². The third kappa shape index (κ3) is 3.16. The highest BCUT2D eigenvalue weighted by Crippen LogP contribution is 2.28. The van der Waals surface area contributed by atoms with Crippen LogP contribution < -0.4 is 5.32 Å². The first-order valence-electron chi connectivity index (χ1n) is 5.91. The molecule has 1 N–H and O–H groups in total. The first-order valence-corrected chi connectivity index (χ1v) is 7.08. The molecule has 0 aliphatic rings. The van der Waals surface area contributed by atoms with E-state index in [1.807, 2.05) is 32.2 Å². The lowest BCUT2D eigenvalue weighted by Crippen LogP contribution is -2.19. The van der Waals surface area contributed by atoms with Crippen molar-refractivity contribution < 1.29 is 4.39 Å². The van der Waals surface area contributed by atoms with E-state index in [0.29, 0.717) is 10.6 Å². The van der Waals surface area contributed by atoms with Crippen LogP contribution in [0.3, 0.4) is 0 Å². The van der Waals surface area contributed by atoms with E-state index in [-0.39, 0.29) is 11.9 Å². The Kier molecular flexibility index (Phi) is 4.61. The van der Waals surface area contributed by atoms with Crippen molar-refractivity contribution >= 4 is 27.5 Å². The van der Waals surface area contributed by atoms with Crippen molar-refractivity contribution in [3.63, 3.8) is 0 Å². The monoisotopic (exact) mass is 341 g/mol. The van der Waals surface area contributed by atoms with Gasteiger partial charge in [0.05, 0.1) is 6.04 Å². The molecule has 4 heteroatoms. The molecule has 19 heavy (non-hydrogen) atoms. The molecule has 0 aromatic heterocycles. The number of aryl methyl sites for hydroxylation is 1. The van der Waals surface area contributed by atoms with E-state index in [0.717, 1.165) is 15.6 Å². The van der Waals surface area contributed by atoms with Crippen LogP contribution in [0.2, 0.25) is 5.02 Å². The minimum atomic E-state index is -0.302. The topological polar surface area (TPSA) is 12.0 Å². The maximum absolute atomic E-state index is 14.0. The fourth-order valence-corrected chi connectivity index (χ4v) is 2.58. The Morgan fingerprint density at radius 1 is 1.21 bits per heavy atom. The summed E-state index contributed by atoms with van der Waals surface area (Å²) in [6.07, 6.45) is 0. The molecule has 2 aromatic rings. The maximum atomic E-state index is 14.0. The van der Waals surface area contributed by atoms with Gasteiger partial charge in [-0.3, -0.25) is 0 Å². The molecule has 0 amide bonds. The molecule has 2 aromatic carbocycles. The van der Waals surface area contributed by atoms with Gasteiger partial charge in [0.15, 0.2) is 0 Å². The Morgan fingerprint density at radius 3 is 2.53 bits per heavy atom. The van der Waals surface area contributed by atoms with E-state index < -0.39 is 0 Å². The molecule has 0 saturated heterocycles. The molecule has 100 valence electrons. The van der Waals surface area contributed by atoms with E-state index in [9.17, 15) is 4.39 Å². The molecule has 1 unspecified atom stereocenters. The molecule has 2 rings (SSSR count). The highest BCUT2D eigenvalue weighted by molar-refractivity contribution is 9.10. The van der Waals surface area contributed by atoms with Crippen LogP contribution in [0.1, 0.15) is 22.7 Å².